The Kier molecular flexibility index (Phi) is 6.45. The van der Waals surface area contributed by atoms with Gasteiger partial charge in [-0.05, 0) is 61.2 Å². The molecular formula is C22H19F7O2. The van der Waals surface area contributed by atoms with Crippen molar-refractivity contribution in [1.82, 2.24) is 0 Å². The second-order valence-electron chi connectivity index (χ2n) is 7.61. The van der Waals surface area contributed by atoms with E-state index in [2.05, 4.69) is 0 Å². The number of ether oxygens (including phenoxy) is 1. The molecule has 168 valence electrons. The lowest BCUT2D eigenvalue weighted by atomic mass is 9.88. The molecule has 0 saturated heterocycles. The first-order valence-corrected chi connectivity index (χ1v) is 9.55. The van der Waals surface area contributed by atoms with Crippen LogP contribution >= 0.6 is 0 Å². The third kappa shape index (κ3) is 5.26. The molecule has 0 aliphatic heterocycles. The fraction of sp³-hybridized carbons (Fsp3) is 0.409. The number of hydrogen-bond donors (Lipinski definition) is 0. The van der Waals surface area contributed by atoms with Crippen molar-refractivity contribution in [3.8, 4) is 0 Å². The molecule has 1 aliphatic rings. The monoisotopic (exact) mass is 448 g/mol. The van der Waals surface area contributed by atoms with Gasteiger partial charge in [0.15, 0.2) is 0 Å². The van der Waals surface area contributed by atoms with Crippen molar-refractivity contribution < 1.29 is 40.3 Å². The maximum absolute atomic E-state index is 13.3. The molecule has 0 heterocycles. The van der Waals surface area contributed by atoms with Crippen LogP contribution in [0.4, 0.5) is 30.7 Å². The summed E-state index contributed by atoms with van der Waals surface area (Å²) in [5.41, 5.74) is -2.48. The van der Waals surface area contributed by atoms with Gasteiger partial charge in [0.05, 0.1) is 23.3 Å². The van der Waals surface area contributed by atoms with Crippen LogP contribution in [-0.4, -0.2) is 12.4 Å². The predicted molar refractivity (Wildman–Crippen MR) is 97.7 cm³/mol. The van der Waals surface area contributed by atoms with Crippen molar-refractivity contribution in [2.45, 2.75) is 50.2 Å². The van der Waals surface area contributed by atoms with Crippen LogP contribution in [0.15, 0.2) is 42.5 Å². The number of alkyl halides is 6. The smallest absolute Gasteiger partial charge is 0.370 e. The molecule has 9 heteroatoms. The summed E-state index contributed by atoms with van der Waals surface area (Å²) in [5.74, 6) is -1.40. The highest BCUT2D eigenvalue weighted by molar-refractivity contribution is 5.57. The lowest BCUT2D eigenvalue weighted by Gasteiger charge is -2.27. The summed E-state index contributed by atoms with van der Waals surface area (Å²) >= 11 is 0. The first kappa shape index (κ1) is 23.2. The minimum Gasteiger partial charge on any atom is -0.370 e. The summed E-state index contributed by atoms with van der Waals surface area (Å²) in [7, 11) is 0. The Morgan fingerprint density at radius 3 is 1.97 bits per heavy atom. The van der Waals surface area contributed by atoms with E-state index in [4.69, 9.17) is 4.74 Å². The average Bonchev–Trinajstić information content (AvgIpc) is 3.09. The highest BCUT2D eigenvalue weighted by Gasteiger charge is 2.40. The molecule has 31 heavy (non-hydrogen) atoms. The molecular weight excluding hydrogens is 429 g/mol. The van der Waals surface area contributed by atoms with Crippen LogP contribution in [0.1, 0.15) is 54.0 Å². The number of benzene rings is 2. The average molecular weight is 448 g/mol. The van der Waals surface area contributed by atoms with Crippen molar-refractivity contribution in [2.75, 3.05) is 0 Å². The molecule has 0 radical (unpaired) electrons. The fourth-order valence-electron chi connectivity index (χ4n) is 4.00. The van der Waals surface area contributed by atoms with Gasteiger partial charge in [-0.1, -0.05) is 12.1 Å². The minimum atomic E-state index is -4.96. The Balaban J connectivity index is 1.91. The molecule has 4 atom stereocenters. The Bertz CT molecular complexity index is 887. The van der Waals surface area contributed by atoms with E-state index < -0.39 is 53.3 Å². The number of rotatable bonds is 5. The van der Waals surface area contributed by atoms with Crippen molar-refractivity contribution in [3.63, 3.8) is 0 Å². The molecule has 3 unspecified atom stereocenters. The zero-order valence-corrected chi connectivity index (χ0v) is 16.3. The molecule has 2 nitrogen and oxygen atoms in total. The molecule has 0 bridgehead atoms. The summed E-state index contributed by atoms with van der Waals surface area (Å²) in [6, 6.07) is 6.77. The SMILES string of the molecule is C[C@@H](OC1CCC(C=O)C1c1ccc(F)cc1)c1cc(C(F)(F)F)cc(C(F)(F)F)c1. The van der Waals surface area contributed by atoms with E-state index in [1.807, 2.05) is 0 Å². The summed E-state index contributed by atoms with van der Waals surface area (Å²) < 4.78 is 98.0. The topological polar surface area (TPSA) is 26.3 Å². The van der Waals surface area contributed by atoms with Gasteiger partial charge in [0.25, 0.3) is 0 Å². The zero-order chi connectivity index (χ0) is 23.0. The van der Waals surface area contributed by atoms with Crippen LogP contribution in [0.3, 0.4) is 0 Å². The molecule has 3 rings (SSSR count). The zero-order valence-electron chi connectivity index (χ0n) is 16.3. The fourth-order valence-corrected chi connectivity index (χ4v) is 4.00. The predicted octanol–water partition coefficient (Wildman–Crippen LogP) is 6.70. The Morgan fingerprint density at radius 1 is 0.935 bits per heavy atom. The van der Waals surface area contributed by atoms with Crippen molar-refractivity contribution >= 4 is 6.29 Å². The molecule has 1 saturated carbocycles. The van der Waals surface area contributed by atoms with Crippen LogP contribution in [0.25, 0.3) is 0 Å². The second-order valence-corrected chi connectivity index (χ2v) is 7.61. The van der Waals surface area contributed by atoms with Gasteiger partial charge in [0.2, 0.25) is 0 Å². The Morgan fingerprint density at radius 2 is 1.48 bits per heavy atom. The molecule has 2 aromatic rings. The summed E-state index contributed by atoms with van der Waals surface area (Å²) in [4.78, 5) is 11.5. The highest BCUT2D eigenvalue weighted by Crippen LogP contribution is 2.43. The third-order valence-electron chi connectivity index (χ3n) is 5.53. The van der Waals surface area contributed by atoms with Crippen LogP contribution in [0, 0.1) is 11.7 Å². The number of carbonyl (C=O) groups is 1. The summed E-state index contributed by atoms with van der Waals surface area (Å²) in [5, 5.41) is 0. The maximum Gasteiger partial charge on any atom is 0.416 e. The van der Waals surface area contributed by atoms with E-state index in [0.29, 0.717) is 30.5 Å². The largest absolute Gasteiger partial charge is 0.416 e. The lowest BCUT2D eigenvalue weighted by Crippen LogP contribution is -2.23. The first-order valence-electron chi connectivity index (χ1n) is 9.55. The van der Waals surface area contributed by atoms with E-state index in [0.717, 1.165) is 6.29 Å². The quantitative estimate of drug-likeness (QED) is 0.376. The molecule has 0 N–H and O–H groups in total. The lowest BCUT2D eigenvalue weighted by molar-refractivity contribution is -0.143. The van der Waals surface area contributed by atoms with Crippen LogP contribution in [0.2, 0.25) is 0 Å². The molecule has 0 spiro atoms. The van der Waals surface area contributed by atoms with E-state index in [-0.39, 0.29) is 11.6 Å². The standard InChI is InChI=1S/C22H19F7O2/c1-12(15-8-16(21(24,25)26)10-17(9-15)22(27,28)29)31-19-7-4-14(11-30)20(19)13-2-5-18(23)6-3-13/h2-3,5-6,8-12,14,19-20H,4,7H2,1H3/t12-,14?,19?,20?/m1/s1. The number of hydrogen-bond acceptors (Lipinski definition) is 2. The Labute approximate surface area is 174 Å². The highest BCUT2D eigenvalue weighted by atomic mass is 19.4. The van der Waals surface area contributed by atoms with E-state index >= 15 is 0 Å². The van der Waals surface area contributed by atoms with E-state index in [9.17, 15) is 35.5 Å². The number of aldehydes is 1. The van der Waals surface area contributed by atoms with Crippen LogP contribution in [-0.2, 0) is 21.9 Å². The Hall–Kier alpha value is -2.42. The van der Waals surface area contributed by atoms with Gasteiger partial charge in [0, 0.05) is 11.8 Å². The molecule has 2 aromatic carbocycles. The maximum atomic E-state index is 13.3. The summed E-state index contributed by atoms with van der Waals surface area (Å²) in [6.45, 7) is 1.37. The molecule has 1 aliphatic carbocycles. The van der Waals surface area contributed by atoms with Gasteiger partial charge in [-0.15, -0.1) is 0 Å². The molecule has 0 amide bonds. The summed E-state index contributed by atoms with van der Waals surface area (Å²) in [6.07, 6.45) is -10.1. The molecule has 1 fully saturated rings. The van der Waals surface area contributed by atoms with Gasteiger partial charge < -0.3 is 9.53 Å². The van der Waals surface area contributed by atoms with Gasteiger partial charge in [-0.25, -0.2) is 4.39 Å². The normalized spacial score (nSPS) is 23.0. The van der Waals surface area contributed by atoms with Gasteiger partial charge in [-0.2, -0.15) is 26.3 Å². The van der Waals surface area contributed by atoms with E-state index in [1.165, 1.54) is 31.2 Å². The van der Waals surface area contributed by atoms with Crippen molar-refractivity contribution in [3.05, 3.63) is 70.5 Å². The van der Waals surface area contributed by atoms with Gasteiger partial charge >= 0.3 is 12.4 Å². The number of halogens is 7. The van der Waals surface area contributed by atoms with Gasteiger partial charge in [-0.3, -0.25) is 0 Å². The number of carbonyl (C=O) groups excluding carboxylic acids is 1. The van der Waals surface area contributed by atoms with Crippen LogP contribution < -0.4 is 0 Å². The van der Waals surface area contributed by atoms with Crippen molar-refractivity contribution in [2.24, 2.45) is 5.92 Å². The van der Waals surface area contributed by atoms with E-state index in [1.54, 1.807) is 0 Å². The first-order chi connectivity index (χ1) is 14.4. The second kappa shape index (κ2) is 8.61. The van der Waals surface area contributed by atoms with Gasteiger partial charge in [0.1, 0.15) is 12.1 Å². The minimum absolute atomic E-state index is 0.0650. The van der Waals surface area contributed by atoms with Crippen molar-refractivity contribution in [1.29, 1.82) is 0 Å². The van der Waals surface area contributed by atoms with Crippen LogP contribution in [0.5, 0.6) is 0 Å². The third-order valence-corrected chi connectivity index (χ3v) is 5.53. The molecule has 0 aromatic heterocycles.